The second kappa shape index (κ2) is 3.87. The predicted octanol–water partition coefficient (Wildman–Crippen LogP) is 0.213. The highest BCUT2D eigenvalue weighted by Gasteiger charge is 2.29. The molecule has 0 aromatic rings. The molecular weight excluding hydrogens is 158 g/mol. The molecule has 1 aliphatic carbocycles. The van der Waals surface area contributed by atoms with Gasteiger partial charge in [0, 0.05) is 18.8 Å². The van der Waals surface area contributed by atoms with Gasteiger partial charge in [0.15, 0.2) is 0 Å². The fraction of sp³-hybridized carbons (Fsp3) is 0.875. The Morgan fingerprint density at radius 1 is 1.58 bits per heavy atom. The van der Waals surface area contributed by atoms with E-state index in [0.717, 1.165) is 0 Å². The number of aliphatic hydroxyl groups is 1. The molecule has 0 aromatic carbocycles. The Bertz CT molecular complexity index is 164. The third-order valence-corrected chi connectivity index (χ3v) is 1.92. The second-order valence-electron chi connectivity index (χ2n) is 3.49. The van der Waals surface area contributed by atoms with Crippen molar-refractivity contribution in [3.05, 3.63) is 0 Å². The van der Waals surface area contributed by atoms with Gasteiger partial charge in [0.25, 0.3) is 0 Å². The number of nitrogens with one attached hydrogen (secondary N) is 1. The van der Waals surface area contributed by atoms with Crippen molar-refractivity contribution in [1.29, 1.82) is 0 Å². The molecule has 1 saturated carbocycles. The molecule has 0 unspecified atom stereocenters. The van der Waals surface area contributed by atoms with Crippen LogP contribution in [0.15, 0.2) is 0 Å². The van der Waals surface area contributed by atoms with Crippen LogP contribution in [0.3, 0.4) is 0 Å². The molecule has 0 aromatic heterocycles. The van der Waals surface area contributed by atoms with Crippen LogP contribution >= 0.6 is 0 Å². The number of amides is 1. The van der Waals surface area contributed by atoms with Crippen LogP contribution in [0, 0.1) is 5.92 Å². The summed E-state index contributed by atoms with van der Waals surface area (Å²) in [6.07, 6.45) is 1.00. The lowest BCUT2D eigenvalue weighted by molar-refractivity contribution is -0.154. The van der Waals surface area contributed by atoms with Gasteiger partial charge < -0.3 is 5.11 Å². The van der Waals surface area contributed by atoms with Gasteiger partial charge >= 0.3 is 0 Å². The predicted molar refractivity (Wildman–Crippen MR) is 43.1 cm³/mol. The molecule has 0 spiro atoms. The summed E-state index contributed by atoms with van der Waals surface area (Å²) in [5.41, 5.74) is 2.35. The fourth-order valence-electron chi connectivity index (χ4n) is 0.893. The number of aliphatic hydroxyl groups excluding tert-OH is 1. The molecule has 2 N–H and O–H groups in total. The van der Waals surface area contributed by atoms with E-state index in [0.29, 0.717) is 12.8 Å². The fourth-order valence-corrected chi connectivity index (χ4v) is 0.893. The first-order valence-electron chi connectivity index (χ1n) is 4.23. The lowest BCUT2D eigenvalue weighted by Gasteiger charge is -2.30. The summed E-state index contributed by atoms with van der Waals surface area (Å²) in [6.45, 7) is 3.60. The van der Waals surface area contributed by atoms with Gasteiger partial charge in [0.1, 0.15) is 0 Å². The number of carbonyl (C=O) groups excluding carboxylic acids is 1. The first-order chi connectivity index (χ1) is 5.59. The molecule has 1 aliphatic rings. The van der Waals surface area contributed by atoms with E-state index in [9.17, 15) is 4.79 Å². The quantitative estimate of drug-likeness (QED) is 0.600. The first kappa shape index (κ1) is 9.48. The van der Waals surface area contributed by atoms with E-state index in [1.54, 1.807) is 13.8 Å². The molecule has 0 radical (unpaired) electrons. The van der Waals surface area contributed by atoms with Gasteiger partial charge in [-0.05, 0) is 0 Å². The highest BCUT2D eigenvalue weighted by Crippen LogP contribution is 2.21. The van der Waals surface area contributed by atoms with Crippen molar-refractivity contribution in [2.45, 2.75) is 38.9 Å². The summed E-state index contributed by atoms with van der Waals surface area (Å²) >= 11 is 0. The number of rotatable bonds is 3. The molecule has 0 heterocycles. The maximum atomic E-state index is 11.0. The van der Waals surface area contributed by atoms with Crippen LogP contribution in [0.4, 0.5) is 0 Å². The minimum absolute atomic E-state index is 0.00250. The van der Waals surface area contributed by atoms with Crippen LogP contribution in [0.5, 0.6) is 0 Å². The van der Waals surface area contributed by atoms with Crippen molar-refractivity contribution in [1.82, 2.24) is 5.48 Å². The van der Waals surface area contributed by atoms with Crippen LogP contribution in [0.25, 0.3) is 0 Å². The molecule has 70 valence electrons. The summed E-state index contributed by atoms with van der Waals surface area (Å²) in [7, 11) is 0. The molecule has 1 amide bonds. The third-order valence-electron chi connectivity index (χ3n) is 1.92. The molecule has 12 heavy (non-hydrogen) atoms. The van der Waals surface area contributed by atoms with Crippen molar-refractivity contribution in [2.75, 3.05) is 0 Å². The number of hydroxylamine groups is 1. The van der Waals surface area contributed by atoms with Gasteiger partial charge in [-0.25, -0.2) is 5.48 Å². The van der Waals surface area contributed by atoms with E-state index in [-0.39, 0.29) is 24.0 Å². The molecule has 4 nitrogen and oxygen atoms in total. The zero-order valence-corrected chi connectivity index (χ0v) is 7.41. The topological polar surface area (TPSA) is 58.6 Å². The third kappa shape index (κ3) is 2.46. The Morgan fingerprint density at radius 2 is 2.17 bits per heavy atom. The number of carbonyl (C=O) groups is 1. The van der Waals surface area contributed by atoms with Crippen molar-refractivity contribution in [3.63, 3.8) is 0 Å². The Labute approximate surface area is 71.9 Å². The van der Waals surface area contributed by atoms with Crippen molar-refractivity contribution in [3.8, 4) is 0 Å². The van der Waals surface area contributed by atoms with Crippen molar-refractivity contribution < 1.29 is 14.7 Å². The molecule has 0 aliphatic heterocycles. The van der Waals surface area contributed by atoms with Gasteiger partial charge in [-0.15, -0.1) is 0 Å². The van der Waals surface area contributed by atoms with Gasteiger partial charge in [-0.2, -0.15) is 0 Å². The zero-order valence-electron chi connectivity index (χ0n) is 7.41. The van der Waals surface area contributed by atoms with Gasteiger partial charge in [-0.1, -0.05) is 13.8 Å². The van der Waals surface area contributed by atoms with E-state index in [2.05, 4.69) is 5.48 Å². The average molecular weight is 173 g/mol. The SMILES string of the molecule is CC(C)C(=O)NOC1CC(O)C1. The number of hydrogen-bond acceptors (Lipinski definition) is 3. The van der Waals surface area contributed by atoms with Crippen LogP contribution in [0.2, 0.25) is 0 Å². The van der Waals surface area contributed by atoms with Crippen molar-refractivity contribution in [2.24, 2.45) is 5.92 Å². The Balaban J connectivity index is 2.06. The Kier molecular flexibility index (Phi) is 3.05. The number of hydrogen-bond donors (Lipinski definition) is 2. The minimum Gasteiger partial charge on any atom is -0.393 e. The van der Waals surface area contributed by atoms with E-state index >= 15 is 0 Å². The van der Waals surface area contributed by atoms with E-state index in [4.69, 9.17) is 9.94 Å². The standard InChI is InChI=1S/C8H15NO3/c1-5(2)8(11)9-12-7-3-6(10)4-7/h5-7,10H,3-4H2,1-2H3,(H,9,11). The molecule has 1 rings (SSSR count). The molecule has 0 saturated heterocycles. The molecule has 0 atom stereocenters. The van der Waals surface area contributed by atoms with Crippen LogP contribution in [0.1, 0.15) is 26.7 Å². The smallest absolute Gasteiger partial charge is 0.246 e. The summed E-state index contributed by atoms with van der Waals surface area (Å²) in [6, 6.07) is 0. The van der Waals surface area contributed by atoms with E-state index in [1.807, 2.05) is 0 Å². The van der Waals surface area contributed by atoms with Gasteiger partial charge in [-0.3, -0.25) is 9.63 Å². The minimum atomic E-state index is -0.244. The Hall–Kier alpha value is -0.610. The van der Waals surface area contributed by atoms with E-state index in [1.165, 1.54) is 0 Å². The van der Waals surface area contributed by atoms with E-state index < -0.39 is 0 Å². The van der Waals surface area contributed by atoms with Crippen molar-refractivity contribution >= 4 is 5.91 Å². The largest absolute Gasteiger partial charge is 0.393 e. The highest BCUT2D eigenvalue weighted by molar-refractivity contribution is 5.76. The van der Waals surface area contributed by atoms with Crippen LogP contribution in [-0.4, -0.2) is 23.2 Å². The van der Waals surface area contributed by atoms with Crippen LogP contribution < -0.4 is 5.48 Å². The lowest BCUT2D eigenvalue weighted by Crippen LogP contribution is -2.41. The highest BCUT2D eigenvalue weighted by atomic mass is 16.7. The Morgan fingerprint density at radius 3 is 2.58 bits per heavy atom. The van der Waals surface area contributed by atoms with Gasteiger partial charge in [0.2, 0.25) is 5.91 Å². The average Bonchev–Trinajstić information content (AvgIpc) is 1.95. The van der Waals surface area contributed by atoms with Gasteiger partial charge in [0.05, 0.1) is 12.2 Å². The molecule has 1 fully saturated rings. The molecule has 0 bridgehead atoms. The maximum Gasteiger partial charge on any atom is 0.246 e. The lowest BCUT2D eigenvalue weighted by atomic mass is 9.93. The van der Waals surface area contributed by atoms with Crippen LogP contribution in [-0.2, 0) is 9.63 Å². The summed E-state index contributed by atoms with van der Waals surface area (Å²) in [5, 5.41) is 8.90. The second-order valence-corrected chi connectivity index (χ2v) is 3.49. The summed E-state index contributed by atoms with van der Waals surface area (Å²) in [4.78, 5) is 16.0. The first-order valence-corrected chi connectivity index (χ1v) is 4.23. The monoisotopic (exact) mass is 173 g/mol. The zero-order chi connectivity index (χ0) is 9.14. The summed E-state index contributed by atoms with van der Waals surface area (Å²) < 4.78 is 0. The maximum absolute atomic E-state index is 11.0. The molecule has 4 heteroatoms. The normalized spacial score (nSPS) is 28.3. The molecular formula is C8H15NO3. The summed E-state index contributed by atoms with van der Waals surface area (Å²) in [5.74, 6) is -0.175.